The monoisotopic (exact) mass is 388 g/mol. The Morgan fingerprint density at radius 3 is 1.24 bits per heavy atom. The molecule has 1 unspecified atom stereocenters. The molecule has 25 heavy (non-hydrogen) atoms. The number of rotatable bonds is 5. The summed E-state index contributed by atoms with van der Waals surface area (Å²) in [4.78, 5) is 12.4. The van der Waals surface area contributed by atoms with Gasteiger partial charge in [-0.05, 0) is 43.3 Å². The van der Waals surface area contributed by atoms with Crippen molar-refractivity contribution < 1.29 is 17.2 Å². The molecule has 3 aromatic carbocycles. The predicted octanol–water partition coefficient (Wildman–Crippen LogP) is 1.14. The molecule has 3 rings (SSSR count). The Morgan fingerprint density at radius 2 is 1.00 bits per heavy atom. The maximum absolute atomic E-state index is 12.4. The van der Waals surface area contributed by atoms with Crippen molar-refractivity contribution >= 4 is 40.6 Å². The highest BCUT2D eigenvalue weighted by Gasteiger charge is 2.53. The number of Topliss-reactive ketones (excluding diaryl/α,β-unsaturated/α-hetero) is 1. The van der Waals surface area contributed by atoms with Gasteiger partial charge in [-0.25, -0.2) is 0 Å². The van der Waals surface area contributed by atoms with Crippen LogP contribution in [0, 0.1) is 0 Å². The molecule has 0 radical (unpaired) electrons. The molecule has 0 N–H and O–H groups in total. The quantitative estimate of drug-likeness (QED) is 0.473. The highest BCUT2D eigenvalue weighted by Crippen LogP contribution is 2.61. The van der Waals surface area contributed by atoms with Gasteiger partial charge in [-0.3, -0.25) is 4.79 Å². The summed E-state index contributed by atoms with van der Waals surface area (Å²) in [5.74, 6) is 0.00144. The van der Waals surface area contributed by atoms with Crippen molar-refractivity contribution in [1.82, 2.24) is 0 Å². The minimum atomic E-state index is -2.28. The van der Waals surface area contributed by atoms with Crippen molar-refractivity contribution in [1.29, 1.82) is 0 Å². The van der Waals surface area contributed by atoms with Crippen LogP contribution in [0.15, 0.2) is 91.0 Å². The lowest BCUT2D eigenvalue weighted by atomic mass is 10.3. The Labute approximate surface area is 160 Å². The zero-order valence-electron chi connectivity index (χ0n) is 13.8. The molecule has 0 aliphatic carbocycles. The molecule has 1 atom stereocenters. The minimum Gasteiger partial charge on any atom is -1.00 e. The van der Waals surface area contributed by atoms with Gasteiger partial charge in [-0.2, -0.15) is 0 Å². The third-order valence-corrected chi connectivity index (χ3v) is 9.73. The summed E-state index contributed by atoms with van der Waals surface area (Å²) in [6, 6.07) is 30.6. The molecule has 0 spiro atoms. The molecule has 0 amide bonds. The molecule has 0 aromatic heterocycles. The second-order valence-electron chi connectivity index (χ2n) is 5.68. The molecule has 0 saturated carbocycles. The van der Waals surface area contributed by atoms with Gasteiger partial charge in [0.05, 0.1) is 0 Å². The smallest absolute Gasteiger partial charge is 0.213 e. The fourth-order valence-electron chi connectivity index (χ4n) is 3.10. The Bertz CT molecular complexity index is 710. The number of ketones is 1. The van der Waals surface area contributed by atoms with E-state index in [1.807, 2.05) is 54.6 Å². The van der Waals surface area contributed by atoms with E-state index in [1.165, 1.54) is 0 Å². The van der Waals surface area contributed by atoms with Crippen LogP contribution in [-0.2, 0) is 4.79 Å². The molecule has 0 aliphatic heterocycles. The zero-order chi connectivity index (χ0) is 17.0. The van der Waals surface area contributed by atoms with Crippen molar-refractivity contribution in [2.45, 2.75) is 12.0 Å². The maximum atomic E-state index is 12.4. The van der Waals surface area contributed by atoms with Crippen LogP contribution in [0.3, 0.4) is 0 Å². The molecule has 3 aromatic rings. The summed E-state index contributed by atoms with van der Waals surface area (Å²) >= 11 is 6.84. The van der Waals surface area contributed by atoms with Crippen molar-refractivity contribution in [3.63, 3.8) is 0 Å². The highest BCUT2D eigenvalue weighted by molar-refractivity contribution is 7.98. The molecule has 0 fully saturated rings. The first-order valence-corrected chi connectivity index (χ1v) is 10.2. The van der Waals surface area contributed by atoms with Gasteiger partial charge < -0.3 is 12.4 Å². The van der Waals surface area contributed by atoms with Gasteiger partial charge in [0.1, 0.15) is 23.2 Å². The molecular formula is C21H19Cl2OP. The largest absolute Gasteiger partial charge is 1.00 e. The molecular weight excluding hydrogens is 370 g/mol. The normalized spacial score (nSPS) is 12.1. The topological polar surface area (TPSA) is 17.1 Å². The van der Waals surface area contributed by atoms with Gasteiger partial charge in [0.25, 0.3) is 0 Å². The third-order valence-electron chi connectivity index (χ3n) is 4.17. The van der Waals surface area contributed by atoms with Crippen LogP contribution in [0.4, 0.5) is 0 Å². The van der Waals surface area contributed by atoms with E-state index in [-0.39, 0.29) is 18.2 Å². The summed E-state index contributed by atoms with van der Waals surface area (Å²) in [6.07, 6.45) is 0. The van der Waals surface area contributed by atoms with Gasteiger partial charge in [0.2, 0.25) is 5.12 Å². The lowest BCUT2D eigenvalue weighted by Gasteiger charge is -2.30. The van der Waals surface area contributed by atoms with Crippen molar-refractivity contribution in [3.05, 3.63) is 91.0 Å². The average molecular weight is 389 g/mol. The van der Waals surface area contributed by atoms with E-state index in [0.29, 0.717) is 0 Å². The fourth-order valence-corrected chi connectivity index (χ4v) is 8.27. The van der Waals surface area contributed by atoms with Crippen LogP contribution in [0.2, 0.25) is 0 Å². The predicted molar refractivity (Wildman–Crippen MR) is 105 cm³/mol. The van der Waals surface area contributed by atoms with Crippen LogP contribution in [0.5, 0.6) is 0 Å². The lowest BCUT2D eigenvalue weighted by Crippen LogP contribution is -3.00. The average Bonchev–Trinajstić information content (AvgIpc) is 2.65. The van der Waals surface area contributed by atoms with E-state index in [0.717, 1.165) is 15.9 Å². The van der Waals surface area contributed by atoms with Crippen LogP contribution >= 0.6 is 18.9 Å². The summed E-state index contributed by atoms with van der Waals surface area (Å²) in [5.41, 5.74) is 0. The third kappa shape index (κ3) is 3.65. The van der Waals surface area contributed by atoms with Crippen molar-refractivity contribution in [2.75, 3.05) is 0 Å². The second kappa shape index (κ2) is 8.63. The lowest BCUT2D eigenvalue weighted by molar-refractivity contribution is -0.115. The van der Waals surface area contributed by atoms with Crippen molar-refractivity contribution in [2.24, 2.45) is 0 Å². The summed E-state index contributed by atoms with van der Waals surface area (Å²) in [7, 11) is -2.28. The SMILES string of the molecule is CC(=O)C(Cl)[P+](c1ccccc1)(c1ccccc1)c1ccccc1.[Cl-]. The van der Waals surface area contributed by atoms with E-state index < -0.39 is 12.4 Å². The van der Waals surface area contributed by atoms with E-state index in [1.54, 1.807) is 6.92 Å². The summed E-state index contributed by atoms with van der Waals surface area (Å²) in [6.45, 7) is 1.58. The number of alkyl halides is 1. The van der Waals surface area contributed by atoms with Crippen LogP contribution in [0.1, 0.15) is 6.92 Å². The Morgan fingerprint density at radius 1 is 0.720 bits per heavy atom. The van der Waals surface area contributed by atoms with E-state index in [4.69, 9.17) is 11.6 Å². The van der Waals surface area contributed by atoms with Gasteiger partial charge >= 0.3 is 0 Å². The van der Waals surface area contributed by atoms with E-state index in [2.05, 4.69) is 36.4 Å². The molecule has 0 saturated heterocycles. The maximum Gasteiger partial charge on any atom is 0.213 e. The minimum absolute atomic E-state index is 0. The molecule has 0 bridgehead atoms. The molecule has 4 heteroatoms. The Hall–Kier alpha value is -1.66. The number of halogens is 2. The summed E-state index contributed by atoms with van der Waals surface area (Å²) in [5, 5.41) is 2.78. The zero-order valence-corrected chi connectivity index (χ0v) is 16.3. The molecule has 0 heterocycles. The van der Waals surface area contributed by atoms with Crippen LogP contribution in [-0.4, -0.2) is 10.9 Å². The number of benzene rings is 3. The first kappa shape index (κ1) is 19.7. The van der Waals surface area contributed by atoms with Gasteiger partial charge in [0, 0.05) is 0 Å². The number of hydrogen-bond acceptors (Lipinski definition) is 1. The van der Waals surface area contributed by atoms with E-state index >= 15 is 0 Å². The number of carbonyl (C=O) groups excluding carboxylic acids is 1. The first-order valence-electron chi connectivity index (χ1n) is 7.87. The second-order valence-corrected chi connectivity index (χ2v) is 9.93. The molecule has 1 nitrogen and oxygen atoms in total. The fraction of sp³-hybridized carbons (Fsp3) is 0.0952. The van der Waals surface area contributed by atoms with Crippen molar-refractivity contribution in [3.8, 4) is 0 Å². The Balaban J connectivity index is 0.00000225. The molecule has 0 aliphatic rings. The van der Waals surface area contributed by atoms with Gasteiger partial charge in [-0.1, -0.05) is 66.2 Å². The van der Waals surface area contributed by atoms with E-state index in [9.17, 15) is 4.79 Å². The number of hydrogen-bond donors (Lipinski definition) is 0. The van der Waals surface area contributed by atoms with Crippen LogP contribution in [0.25, 0.3) is 0 Å². The number of carbonyl (C=O) groups is 1. The summed E-state index contributed by atoms with van der Waals surface area (Å²) < 4.78 is 0. The molecule has 128 valence electrons. The van der Waals surface area contributed by atoms with Gasteiger partial charge in [0.15, 0.2) is 5.78 Å². The van der Waals surface area contributed by atoms with Gasteiger partial charge in [-0.15, -0.1) is 0 Å². The standard InChI is InChI=1S/C21H19ClOP.ClH/c1-17(23)21(22)24(18-11-5-2-6-12-18,19-13-7-3-8-14-19)20-15-9-4-10-16-20;/h2-16,21H,1H3;1H/q+1;/p-1. The Kier molecular flexibility index (Phi) is 6.79. The highest BCUT2D eigenvalue weighted by atomic mass is 35.5. The van der Waals surface area contributed by atoms with Crippen LogP contribution < -0.4 is 28.3 Å². The first-order chi connectivity index (χ1) is 11.7.